The second kappa shape index (κ2) is 8.12. The molecular weight excluding hydrogens is 246 g/mol. The molecule has 1 amide bonds. The van der Waals surface area contributed by atoms with E-state index in [1.807, 2.05) is 0 Å². The van der Waals surface area contributed by atoms with Gasteiger partial charge in [0.2, 0.25) is 5.91 Å². The van der Waals surface area contributed by atoms with Gasteiger partial charge >= 0.3 is 0 Å². The Morgan fingerprint density at radius 2 is 2.00 bits per heavy atom. The Bertz CT molecular complexity index is 302. The fourth-order valence-corrected chi connectivity index (χ4v) is 2.47. The minimum atomic E-state index is -1.25. The van der Waals surface area contributed by atoms with E-state index in [0.717, 1.165) is 13.0 Å². The van der Waals surface area contributed by atoms with E-state index in [2.05, 4.69) is 24.3 Å². The number of carboxylic acid groups (broad SMARTS) is 1. The molecule has 6 nitrogen and oxygen atoms in total. The van der Waals surface area contributed by atoms with Crippen molar-refractivity contribution in [3.63, 3.8) is 0 Å². The zero-order valence-corrected chi connectivity index (χ0v) is 11.9. The maximum atomic E-state index is 11.3. The van der Waals surface area contributed by atoms with E-state index in [-0.39, 0.29) is 5.91 Å². The number of hydrogen-bond donors (Lipinski definition) is 2. The van der Waals surface area contributed by atoms with E-state index < -0.39 is 12.5 Å². The number of piperidine rings is 1. The molecule has 0 saturated carbocycles. The molecule has 0 spiro atoms. The number of amides is 1. The summed E-state index contributed by atoms with van der Waals surface area (Å²) in [5, 5.41) is 12.5. The van der Waals surface area contributed by atoms with Crippen molar-refractivity contribution < 1.29 is 19.6 Å². The van der Waals surface area contributed by atoms with Crippen LogP contribution in [0.5, 0.6) is 0 Å². The molecule has 0 bridgehead atoms. The number of carbonyl (C=O) groups is 2. The van der Waals surface area contributed by atoms with E-state index in [1.54, 1.807) is 4.90 Å². The van der Waals surface area contributed by atoms with E-state index in [9.17, 15) is 14.7 Å². The van der Waals surface area contributed by atoms with Gasteiger partial charge in [0.15, 0.2) is 0 Å². The number of aliphatic carboxylic acids is 1. The summed E-state index contributed by atoms with van der Waals surface area (Å²) in [5.41, 5.74) is 0. The Morgan fingerprint density at radius 1 is 1.37 bits per heavy atom. The van der Waals surface area contributed by atoms with Crippen molar-refractivity contribution >= 4 is 11.9 Å². The zero-order chi connectivity index (χ0) is 14.3. The highest BCUT2D eigenvalue weighted by Crippen LogP contribution is 2.08. The summed E-state index contributed by atoms with van der Waals surface area (Å²) in [6.45, 7) is 2.90. The third-order valence-corrected chi connectivity index (χ3v) is 3.78. The van der Waals surface area contributed by atoms with Crippen molar-refractivity contribution in [2.45, 2.75) is 31.7 Å². The van der Waals surface area contributed by atoms with Crippen LogP contribution in [0, 0.1) is 0 Å². The van der Waals surface area contributed by atoms with Crippen LogP contribution in [0.4, 0.5) is 0 Å². The Morgan fingerprint density at radius 3 is 2.58 bits per heavy atom. The molecule has 2 N–H and O–H groups in total. The number of carboxylic acids is 1. The Labute approximate surface area is 114 Å². The molecule has 0 aliphatic carbocycles. The molecule has 0 aromatic carbocycles. The summed E-state index contributed by atoms with van der Waals surface area (Å²) in [7, 11) is 4.32. The monoisotopic (exact) mass is 271 g/mol. The molecule has 110 valence electrons. The SMILES string of the molecule is CN(CCCC(=O)NCC(=O)[O-])C1CC[NH+](C)CC1. The predicted octanol–water partition coefficient (Wildman–Crippen LogP) is -2.76. The van der Waals surface area contributed by atoms with Crippen LogP contribution in [0.1, 0.15) is 25.7 Å². The molecule has 1 aliphatic rings. The largest absolute Gasteiger partial charge is 0.548 e. The van der Waals surface area contributed by atoms with Crippen molar-refractivity contribution in [1.82, 2.24) is 10.2 Å². The van der Waals surface area contributed by atoms with Gasteiger partial charge in [-0.25, -0.2) is 0 Å². The molecule has 1 rings (SSSR count). The van der Waals surface area contributed by atoms with Gasteiger partial charge in [0, 0.05) is 25.3 Å². The first kappa shape index (κ1) is 15.9. The molecule has 0 radical (unpaired) electrons. The minimum absolute atomic E-state index is 0.217. The molecule has 6 heteroatoms. The topological polar surface area (TPSA) is 76.9 Å². The predicted molar refractivity (Wildman–Crippen MR) is 69.5 cm³/mol. The molecule has 1 aliphatic heterocycles. The minimum Gasteiger partial charge on any atom is -0.548 e. The van der Waals surface area contributed by atoms with Crippen LogP contribution in [-0.4, -0.2) is 63.1 Å². The number of hydrogen-bond acceptors (Lipinski definition) is 4. The molecule has 0 aromatic heterocycles. The second-order valence-electron chi connectivity index (χ2n) is 5.42. The average molecular weight is 271 g/mol. The third-order valence-electron chi connectivity index (χ3n) is 3.78. The van der Waals surface area contributed by atoms with Gasteiger partial charge in [0.25, 0.3) is 0 Å². The van der Waals surface area contributed by atoms with Crippen LogP contribution in [0.2, 0.25) is 0 Å². The number of carbonyl (C=O) groups excluding carboxylic acids is 2. The van der Waals surface area contributed by atoms with Crippen molar-refractivity contribution in [3.05, 3.63) is 0 Å². The second-order valence-corrected chi connectivity index (χ2v) is 5.42. The third kappa shape index (κ3) is 6.54. The summed E-state index contributed by atoms with van der Waals surface area (Å²) in [4.78, 5) is 25.4. The number of likely N-dealkylation sites (tertiary alicyclic amines) is 1. The lowest BCUT2D eigenvalue weighted by Gasteiger charge is -2.33. The van der Waals surface area contributed by atoms with Gasteiger partial charge in [0.1, 0.15) is 0 Å². The Kier molecular flexibility index (Phi) is 6.80. The van der Waals surface area contributed by atoms with Gasteiger partial charge in [-0.3, -0.25) is 4.79 Å². The Hall–Kier alpha value is -1.14. The number of nitrogens with one attached hydrogen (secondary N) is 2. The van der Waals surface area contributed by atoms with Crippen LogP contribution in [0.25, 0.3) is 0 Å². The molecule has 0 unspecified atom stereocenters. The smallest absolute Gasteiger partial charge is 0.220 e. The normalized spacial score (nSPS) is 23.3. The summed E-state index contributed by atoms with van der Waals surface area (Å²) in [6, 6.07) is 0.620. The number of rotatable bonds is 7. The van der Waals surface area contributed by atoms with Gasteiger partial charge in [-0.2, -0.15) is 0 Å². The van der Waals surface area contributed by atoms with Gasteiger partial charge in [0.05, 0.1) is 32.7 Å². The fraction of sp³-hybridized carbons (Fsp3) is 0.846. The van der Waals surface area contributed by atoms with E-state index in [1.165, 1.54) is 25.9 Å². The number of nitrogens with zero attached hydrogens (tertiary/aromatic N) is 1. The maximum Gasteiger partial charge on any atom is 0.220 e. The standard InChI is InChI=1S/C13H25N3O3/c1-15-8-5-11(6-9-15)16(2)7-3-4-12(17)14-10-13(18)19/h11H,3-10H2,1-2H3,(H,14,17)(H,18,19). The van der Waals surface area contributed by atoms with Gasteiger partial charge < -0.3 is 25.0 Å². The maximum absolute atomic E-state index is 11.3. The van der Waals surface area contributed by atoms with E-state index in [0.29, 0.717) is 12.5 Å². The van der Waals surface area contributed by atoms with Crippen molar-refractivity contribution in [1.29, 1.82) is 0 Å². The van der Waals surface area contributed by atoms with Crippen molar-refractivity contribution in [3.8, 4) is 0 Å². The van der Waals surface area contributed by atoms with E-state index in [4.69, 9.17) is 0 Å². The first-order valence-corrected chi connectivity index (χ1v) is 6.97. The number of quaternary nitrogens is 1. The van der Waals surface area contributed by atoms with Crippen LogP contribution in [-0.2, 0) is 9.59 Å². The quantitative estimate of drug-likeness (QED) is 0.526. The highest BCUT2D eigenvalue weighted by Gasteiger charge is 2.22. The lowest BCUT2D eigenvalue weighted by molar-refractivity contribution is -0.885. The van der Waals surface area contributed by atoms with Crippen LogP contribution in [0.15, 0.2) is 0 Å². The zero-order valence-electron chi connectivity index (χ0n) is 11.9. The summed E-state index contributed by atoms with van der Waals surface area (Å²) in [5.74, 6) is -1.47. The summed E-state index contributed by atoms with van der Waals surface area (Å²) in [6.07, 6.45) is 3.54. The van der Waals surface area contributed by atoms with Crippen molar-refractivity contribution in [2.24, 2.45) is 0 Å². The molecule has 1 heterocycles. The lowest BCUT2D eigenvalue weighted by atomic mass is 10.0. The lowest BCUT2D eigenvalue weighted by Crippen LogP contribution is -3.10. The van der Waals surface area contributed by atoms with Crippen LogP contribution in [0.3, 0.4) is 0 Å². The van der Waals surface area contributed by atoms with Gasteiger partial charge in [-0.15, -0.1) is 0 Å². The first-order valence-electron chi connectivity index (χ1n) is 6.97. The molecule has 0 aromatic rings. The first-order chi connectivity index (χ1) is 8.99. The highest BCUT2D eigenvalue weighted by molar-refractivity contribution is 5.80. The Balaban J connectivity index is 2.11. The van der Waals surface area contributed by atoms with Gasteiger partial charge in [-0.1, -0.05) is 0 Å². The van der Waals surface area contributed by atoms with E-state index >= 15 is 0 Å². The highest BCUT2D eigenvalue weighted by atomic mass is 16.4. The van der Waals surface area contributed by atoms with Crippen molar-refractivity contribution in [2.75, 3.05) is 40.3 Å². The summed E-state index contributed by atoms with van der Waals surface area (Å²) < 4.78 is 0. The molecule has 19 heavy (non-hydrogen) atoms. The molecule has 1 fully saturated rings. The molecule has 0 atom stereocenters. The average Bonchev–Trinajstić information content (AvgIpc) is 2.37. The molecule has 1 saturated heterocycles. The molecular formula is C13H25N3O3. The summed E-state index contributed by atoms with van der Waals surface area (Å²) >= 11 is 0. The van der Waals surface area contributed by atoms with Crippen LogP contribution >= 0.6 is 0 Å². The van der Waals surface area contributed by atoms with Gasteiger partial charge in [-0.05, 0) is 20.0 Å². The van der Waals surface area contributed by atoms with Crippen LogP contribution < -0.4 is 15.3 Å². The fourth-order valence-electron chi connectivity index (χ4n) is 2.47.